The molecule has 0 atom stereocenters. The van der Waals surface area contributed by atoms with Gasteiger partial charge in [-0.25, -0.2) is 14.4 Å². The molecule has 2 heterocycles. The van der Waals surface area contributed by atoms with E-state index >= 15 is 0 Å². The molecule has 0 radical (unpaired) electrons. The van der Waals surface area contributed by atoms with E-state index < -0.39 is 0 Å². The number of benzene rings is 1. The van der Waals surface area contributed by atoms with Crippen LogP contribution in [0.3, 0.4) is 0 Å². The zero-order valence-electron chi connectivity index (χ0n) is 15.2. The van der Waals surface area contributed by atoms with Crippen molar-refractivity contribution in [2.24, 2.45) is 0 Å². The average Bonchev–Trinajstić information content (AvgIpc) is 2.72. The van der Waals surface area contributed by atoms with Gasteiger partial charge in [0, 0.05) is 50.0 Å². The maximum atomic E-state index is 12.9. The summed E-state index contributed by atoms with van der Waals surface area (Å²) >= 11 is 1.41. The first-order valence-corrected chi connectivity index (χ1v) is 10.1. The number of nitrogens with one attached hydrogen (secondary N) is 1. The van der Waals surface area contributed by atoms with Crippen LogP contribution >= 0.6 is 11.8 Å². The SMILES string of the molecule is O=C(CSc1ccc(F)cc1)NCCCN1CCN(c2ncccn2)CC1. The quantitative estimate of drug-likeness (QED) is 0.551. The molecule has 0 unspecified atom stereocenters. The predicted octanol–water partition coefficient (Wildman–Crippen LogP) is 2.04. The fraction of sp³-hybridized carbons (Fsp3) is 0.421. The molecule has 1 aliphatic heterocycles. The van der Waals surface area contributed by atoms with Crippen LogP contribution in [0.15, 0.2) is 47.6 Å². The van der Waals surface area contributed by atoms with E-state index in [1.54, 1.807) is 24.5 Å². The van der Waals surface area contributed by atoms with Gasteiger partial charge in [0.15, 0.2) is 0 Å². The molecule has 1 N–H and O–H groups in total. The molecule has 1 aromatic carbocycles. The van der Waals surface area contributed by atoms with Crippen molar-refractivity contribution in [3.05, 3.63) is 48.5 Å². The number of carbonyl (C=O) groups is 1. The number of hydrogen-bond donors (Lipinski definition) is 1. The lowest BCUT2D eigenvalue weighted by molar-refractivity contribution is -0.118. The van der Waals surface area contributed by atoms with E-state index in [1.165, 1.54) is 23.9 Å². The first kappa shape index (κ1) is 19.6. The Labute approximate surface area is 163 Å². The van der Waals surface area contributed by atoms with E-state index in [9.17, 15) is 9.18 Å². The van der Waals surface area contributed by atoms with Crippen LogP contribution in [0.5, 0.6) is 0 Å². The van der Waals surface area contributed by atoms with Crippen LogP contribution in [0, 0.1) is 5.82 Å². The van der Waals surface area contributed by atoms with Crippen molar-refractivity contribution in [3.63, 3.8) is 0 Å². The Morgan fingerprint density at radius 2 is 1.81 bits per heavy atom. The van der Waals surface area contributed by atoms with Crippen molar-refractivity contribution in [3.8, 4) is 0 Å². The van der Waals surface area contributed by atoms with Gasteiger partial charge in [-0.05, 0) is 43.3 Å². The smallest absolute Gasteiger partial charge is 0.230 e. The van der Waals surface area contributed by atoms with E-state index in [4.69, 9.17) is 0 Å². The molecular formula is C19H24FN5OS. The van der Waals surface area contributed by atoms with Crippen LogP contribution in [0.1, 0.15) is 6.42 Å². The Morgan fingerprint density at radius 1 is 1.11 bits per heavy atom. The van der Waals surface area contributed by atoms with Gasteiger partial charge in [-0.3, -0.25) is 9.69 Å². The topological polar surface area (TPSA) is 61.4 Å². The summed E-state index contributed by atoms with van der Waals surface area (Å²) in [5.74, 6) is 0.890. The number of hydrogen-bond acceptors (Lipinski definition) is 6. The van der Waals surface area contributed by atoms with Crippen molar-refractivity contribution in [1.29, 1.82) is 0 Å². The molecule has 144 valence electrons. The molecule has 3 rings (SSSR count). The third kappa shape index (κ3) is 6.48. The second-order valence-corrected chi connectivity index (χ2v) is 7.37. The maximum absolute atomic E-state index is 12.9. The van der Waals surface area contributed by atoms with E-state index in [0.29, 0.717) is 12.3 Å². The van der Waals surface area contributed by atoms with Crippen LogP contribution < -0.4 is 10.2 Å². The van der Waals surface area contributed by atoms with Gasteiger partial charge in [0.2, 0.25) is 11.9 Å². The number of halogens is 1. The summed E-state index contributed by atoms with van der Waals surface area (Å²) in [6, 6.07) is 8.01. The molecule has 0 saturated carbocycles. The highest BCUT2D eigenvalue weighted by atomic mass is 32.2. The van der Waals surface area contributed by atoms with Gasteiger partial charge < -0.3 is 10.2 Å². The second kappa shape index (κ2) is 10.2. The van der Waals surface area contributed by atoms with E-state index in [0.717, 1.165) is 50.0 Å². The molecule has 0 aliphatic carbocycles. The average molecular weight is 390 g/mol. The van der Waals surface area contributed by atoms with Crippen LogP contribution in [0.2, 0.25) is 0 Å². The van der Waals surface area contributed by atoms with E-state index in [1.807, 2.05) is 6.07 Å². The highest BCUT2D eigenvalue weighted by Crippen LogP contribution is 2.17. The number of anilines is 1. The highest BCUT2D eigenvalue weighted by Gasteiger charge is 2.18. The Hall–Kier alpha value is -2.19. The fourth-order valence-corrected chi connectivity index (χ4v) is 3.62. The van der Waals surface area contributed by atoms with E-state index in [-0.39, 0.29) is 11.7 Å². The molecule has 27 heavy (non-hydrogen) atoms. The summed E-state index contributed by atoms with van der Waals surface area (Å²) < 4.78 is 12.9. The number of piperazine rings is 1. The molecule has 6 nitrogen and oxygen atoms in total. The number of nitrogens with zero attached hydrogens (tertiary/aromatic N) is 4. The van der Waals surface area contributed by atoms with Crippen molar-refractivity contribution < 1.29 is 9.18 Å². The highest BCUT2D eigenvalue weighted by molar-refractivity contribution is 8.00. The lowest BCUT2D eigenvalue weighted by Crippen LogP contribution is -2.47. The number of carbonyl (C=O) groups excluding carboxylic acids is 1. The Balaban J connectivity index is 1.26. The molecule has 1 amide bonds. The normalized spacial score (nSPS) is 14.9. The van der Waals surface area contributed by atoms with Gasteiger partial charge in [-0.15, -0.1) is 11.8 Å². The molecule has 1 aromatic heterocycles. The molecule has 8 heteroatoms. The number of rotatable bonds is 8. The Kier molecular flexibility index (Phi) is 7.41. The fourth-order valence-electron chi connectivity index (χ4n) is 2.89. The number of aromatic nitrogens is 2. The lowest BCUT2D eigenvalue weighted by Gasteiger charge is -2.34. The van der Waals surface area contributed by atoms with Gasteiger partial charge >= 0.3 is 0 Å². The van der Waals surface area contributed by atoms with Crippen LogP contribution in [0.4, 0.5) is 10.3 Å². The van der Waals surface area contributed by atoms with Crippen molar-refractivity contribution in [2.45, 2.75) is 11.3 Å². The summed E-state index contributed by atoms with van der Waals surface area (Å²) in [6.45, 7) is 5.44. The zero-order chi connectivity index (χ0) is 18.9. The summed E-state index contributed by atoms with van der Waals surface area (Å²) in [6.07, 6.45) is 4.46. The van der Waals surface area contributed by atoms with Crippen LogP contribution in [-0.4, -0.2) is 65.8 Å². The first-order chi connectivity index (χ1) is 13.2. The van der Waals surface area contributed by atoms with Crippen molar-refractivity contribution >= 4 is 23.6 Å². The minimum Gasteiger partial charge on any atom is -0.355 e. The summed E-state index contributed by atoms with van der Waals surface area (Å²) in [5.41, 5.74) is 0. The third-order valence-electron chi connectivity index (χ3n) is 4.36. The molecule has 0 spiro atoms. The van der Waals surface area contributed by atoms with Gasteiger partial charge in [-0.2, -0.15) is 0 Å². The molecule has 1 fully saturated rings. The standard InChI is InChI=1S/C19H24FN5OS/c20-16-3-5-17(6-4-16)27-15-18(26)21-9-2-10-24-11-13-25(14-12-24)19-22-7-1-8-23-19/h1,3-8H,2,9-15H2,(H,21,26). The molecule has 2 aromatic rings. The molecule has 1 aliphatic rings. The zero-order valence-corrected chi connectivity index (χ0v) is 16.0. The minimum absolute atomic E-state index is 0.00960. The lowest BCUT2D eigenvalue weighted by atomic mass is 10.3. The summed E-state index contributed by atoms with van der Waals surface area (Å²) in [5, 5.41) is 2.95. The van der Waals surface area contributed by atoms with Gasteiger partial charge in [0.05, 0.1) is 5.75 Å². The van der Waals surface area contributed by atoms with Crippen molar-refractivity contribution in [2.75, 3.05) is 49.9 Å². The van der Waals surface area contributed by atoms with Gasteiger partial charge in [-0.1, -0.05) is 0 Å². The predicted molar refractivity (Wildman–Crippen MR) is 105 cm³/mol. The Bertz CT molecular complexity index is 708. The number of amides is 1. The molecular weight excluding hydrogens is 365 g/mol. The largest absolute Gasteiger partial charge is 0.355 e. The van der Waals surface area contributed by atoms with Crippen LogP contribution in [-0.2, 0) is 4.79 Å². The minimum atomic E-state index is -0.263. The summed E-state index contributed by atoms with van der Waals surface area (Å²) in [7, 11) is 0. The molecule has 1 saturated heterocycles. The summed E-state index contributed by atoms with van der Waals surface area (Å²) in [4.78, 5) is 26.0. The van der Waals surface area contributed by atoms with E-state index in [2.05, 4.69) is 25.1 Å². The third-order valence-corrected chi connectivity index (χ3v) is 5.38. The van der Waals surface area contributed by atoms with Crippen molar-refractivity contribution in [1.82, 2.24) is 20.2 Å². The van der Waals surface area contributed by atoms with Gasteiger partial charge in [0.1, 0.15) is 5.82 Å². The first-order valence-electron chi connectivity index (χ1n) is 9.10. The number of thioether (sulfide) groups is 1. The monoisotopic (exact) mass is 389 g/mol. The molecule has 0 bridgehead atoms. The Morgan fingerprint density at radius 3 is 2.52 bits per heavy atom. The van der Waals surface area contributed by atoms with Gasteiger partial charge in [0.25, 0.3) is 0 Å². The van der Waals surface area contributed by atoms with Crippen LogP contribution in [0.25, 0.3) is 0 Å². The maximum Gasteiger partial charge on any atom is 0.230 e. The second-order valence-electron chi connectivity index (χ2n) is 6.32.